The molecule has 0 saturated carbocycles. The van der Waals surface area contributed by atoms with E-state index >= 15 is 0 Å². The molecule has 1 aliphatic heterocycles. The second kappa shape index (κ2) is 5.02. The largest absolute Gasteiger partial charge is 0.497 e. The third kappa shape index (κ3) is 2.06. The Morgan fingerprint density at radius 3 is 3.10 bits per heavy atom. The summed E-state index contributed by atoms with van der Waals surface area (Å²) in [6, 6.07) is 5.59. The summed E-state index contributed by atoms with van der Waals surface area (Å²) < 4.78 is 9.95. The molecule has 0 aliphatic carbocycles. The minimum atomic E-state index is -0.446. The zero-order valence-electron chi connectivity index (χ0n) is 10.6. The summed E-state index contributed by atoms with van der Waals surface area (Å²) in [6.45, 7) is 0. The number of fused-ring (bicyclic) bond motifs is 1. The molecule has 3 rings (SSSR count). The van der Waals surface area contributed by atoms with Crippen LogP contribution in [0.1, 0.15) is 16.8 Å². The molecule has 1 aromatic carbocycles. The Kier molecular flexibility index (Phi) is 3.20. The summed E-state index contributed by atoms with van der Waals surface area (Å²) in [5.41, 5.74) is 3.08. The van der Waals surface area contributed by atoms with E-state index in [1.54, 1.807) is 19.4 Å². The Morgan fingerprint density at radius 2 is 2.35 bits per heavy atom. The number of nitrogens with one attached hydrogen (secondary N) is 1. The fourth-order valence-electron chi connectivity index (χ4n) is 2.05. The summed E-state index contributed by atoms with van der Waals surface area (Å²) in [5, 5.41) is 2.51. The average molecular weight is 291 g/mol. The second-order valence-electron chi connectivity index (χ2n) is 4.26. The maximum Gasteiger partial charge on any atom is 0.364 e. The molecule has 0 bridgehead atoms. The van der Waals surface area contributed by atoms with Gasteiger partial charge in [-0.25, -0.2) is 9.95 Å². The van der Waals surface area contributed by atoms with Crippen LogP contribution < -0.4 is 10.4 Å². The number of hydrogen-bond donors (Lipinski definition) is 1. The van der Waals surface area contributed by atoms with Gasteiger partial charge in [-0.05, 0) is 24.3 Å². The predicted octanol–water partition coefficient (Wildman–Crippen LogP) is 2.97. The molecule has 0 spiro atoms. The molecule has 0 radical (unpaired) electrons. The lowest BCUT2D eigenvalue weighted by Crippen LogP contribution is -1.98. The number of ether oxygens (including phenoxy) is 1. The summed E-state index contributed by atoms with van der Waals surface area (Å²) >= 11 is 5.77. The Labute approximate surface area is 119 Å². The van der Waals surface area contributed by atoms with Gasteiger partial charge < -0.3 is 9.26 Å². The first-order chi connectivity index (χ1) is 9.72. The van der Waals surface area contributed by atoms with Gasteiger partial charge in [-0.15, -0.1) is 11.6 Å². The Morgan fingerprint density at radius 1 is 1.50 bits per heavy atom. The van der Waals surface area contributed by atoms with Crippen LogP contribution in [0.4, 0.5) is 5.69 Å². The van der Waals surface area contributed by atoms with E-state index in [2.05, 4.69) is 10.1 Å². The van der Waals surface area contributed by atoms with Crippen molar-refractivity contribution in [2.24, 2.45) is 4.99 Å². The van der Waals surface area contributed by atoms with E-state index in [0.717, 1.165) is 22.6 Å². The SMILES string of the molecule is COc1ccc2c(c1)C(=Cc1c(CCl)[nH]oc1=O)C=N2. The molecule has 102 valence electrons. The van der Waals surface area contributed by atoms with Gasteiger partial charge in [0.05, 0.1) is 29.9 Å². The lowest BCUT2D eigenvalue weighted by molar-refractivity contribution is 0.386. The van der Waals surface area contributed by atoms with Crippen molar-refractivity contribution in [2.45, 2.75) is 5.88 Å². The van der Waals surface area contributed by atoms with Crippen molar-refractivity contribution < 1.29 is 9.26 Å². The summed E-state index contributed by atoms with van der Waals surface area (Å²) in [6.07, 6.45) is 3.42. The predicted molar refractivity (Wildman–Crippen MR) is 77.9 cm³/mol. The molecule has 0 saturated heterocycles. The van der Waals surface area contributed by atoms with Gasteiger partial charge in [0, 0.05) is 17.4 Å². The molecule has 0 atom stereocenters. The van der Waals surface area contributed by atoms with Gasteiger partial charge in [-0.2, -0.15) is 0 Å². The van der Waals surface area contributed by atoms with Gasteiger partial charge in [0.15, 0.2) is 0 Å². The number of nitrogens with zero attached hydrogens (tertiary/aromatic N) is 1. The maximum atomic E-state index is 11.7. The standard InChI is InChI=1S/C14H11ClN2O3/c1-19-9-2-3-12-10(5-9)8(7-16-12)4-11-13(6-15)17-20-14(11)18/h2-5,7,17H,6H2,1H3. The minimum Gasteiger partial charge on any atom is -0.497 e. The van der Waals surface area contributed by atoms with Crippen LogP contribution in [-0.2, 0) is 5.88 Å². The fourth-order valence-corrected chi connectivity index (χ4v) is 2.25. The smallest absolute Gasteiger partial charge is 0.364 e. The molecule has 2 aromatic rings. The normalized spacial score (nSPS) is 14.8. The van der Waals surface area contributed by atoms with Crippen LogP contribution in [0.3, 0.4) is 0 Å². The van der Waals surface area contributed by atoms with Crippen molar-refractivity contribution in [2.75, 3.05) is 7.11 Å². The van der Waals surface area contributed by atoms with Crippen LogP contribution in [0, 0.1) is 0 Å². The topological polar surface area (TPSA) is 67.6 Å². The number of rotatable bonds is 3. The summed E-state index contributed by atoms with van der Waals surface area (Å²) in [7, 11) is 1.60. The molecular weight excluding hydrogens is 280 g/mol. The average Bonchev–Trinajstić information content (AvgIpc) is 3.03. The molecule has 2 heterocycles. The number of methoxy groups -OCH3 is 1. The Bertz CT molecular complexity index is 771. The molecule has 1 aromatic heterocycles. The second-order valence-corrected chi connectivity index (χ2v) is 4.53. The van der Waals surface area contributed by atoms with Crippen molar-refractivity contribution in [3.63, 3.8) is 0 Å². The fraction of sp³-hybridized carbons (Fsp3) is 0.143. The highest BCUT2D eigenvalue weighted by Gasteiger charge is 2.16. The number of aliphatic imine (C=N–C) groups is 1. The number of aromatic nitrogens is 1. The summed E-state index contributed by atoms with van der Waals surface area (Å²) in [4.78, 5) is 15.9. The zero-order chi connectivity index (χ0) is 14.1. The van der Waals surface area contributed by atoms with Crippen molar-refractivity contribution in [1.29, 1.82) is 0 Å². The van der Waals surface area contributed by atoms with E-state index in [1.165, 1.54) is 0 Å². The van der Waals surface area contributed by atoms with Gasteiger partial charge >= 0.3 is 5.63 Å². The van der Waals surface area contributed by atoms with Gasteiger partial charge in [0.2, 0.25) is 0 Å². The number of halogens is 1. The van der Waals surface area contributed by atoms with Gasteiger partial charge in [0.25, 0.3) is 0 Å². The van der Waals surface area contributed by atoms with Crippen molar-refractivity contribution in [3.05, 3.63) is 45.4 Å². The first-order valence-electron chi connectivity index (χ1n) is 5.93. The third-order valence-electron chi connectivity index (χ3n) is 3.10. The van der Waals surface area contributed by atoms with Gasteiger partial charge in [-0.1, -0.05) is 0 Å². The van der Waals surface area contributed by atoms with Crippen LogP contribution >= 0.6 is 11.6 Å². The first-order valence-corrected chi connectivity index (χ1v) is 6.47. The lowest BCUT2D eigenvalue weighted by atomic mass is 10.0. The molecule has 5 nitrogen and oxygen atoms in total. The van der Waals surface area contributed by atoms with E-state index in [-0.39, 0.29) is 5.88 Å². The Hall–Kier alpha value is -2.27. The number of aromatic amines is 1. The van der Waals surface area contributed by atoms with Crippen molar-refractivity contribution in [3.8, 4) is 5.75 Å². The van der Waals surface area contributed by atoms with E-state index in [0.29, 0.717) is 11.3 Å². The van der Waals surface area contributed by atoms with Crippen LogP contribution in [0.2, 0.25) is 0 Å². The molecule has 1 N–H and O–H groups in total. The highest BCUT2D eigenvalue weighted by Crippen LogP contribution is 2.35. The molecule has 0 unspecified atom stereocenters. The summed E-state index contributed by atoms with van der Waals surface area (Å²) in [5.74, 6) is 0.909. The number of alkyl halides is 1. The quantitative estimate of drug-likeness (QED) is 0.884. The maximum absolute atomic E-state index is 11.7. The van der Waals surface area contributed by atoms with Crippen molar-refractivity contribution >= 4 is 35.2 Å². The minimum absolute atomic E-state index is 0.174. The molecule has 20 heavy (non-hydrogen) atoms. The van der Waals surface area contributed by atoms with E-state index in [9.17, 15) is 4.79 Å². The van der Waals surface area contributed by atoms with Gasteiger partial charge in [-0.3, -0.25) is 4.99 Å². The number of H-pyrrole nitrogens is 1. The zero-order valence-corrected chi connectivity index (χ0v) is 11.4. The monoisotopic (exact) mass is 290 g/mol. The Balaban J connectivity index is 2.10. The lowest BCUT2D eigenvalue weighted by Gasteiger charge is -2.03. The van der Waals surface area contributed by atoms with Gasteiger partial charge in [0.1, 0.15) is 5.75 Å². The van der Waals surface area contributed by atoms with Crippen LogP contribution in [-0.4, -0.2) is 18.5 Å². The molecule has 6 heteroatoms. The van der Waals surface area contributed by atoms with E-state index < -0.39 is 5.63 Å². The van der Waals surface area contributed by atoms with E-state index in [4.69, 9.17) is 20.9 Å². The van der Waals surface area contributed by atoms with Crippen LogP contribution in [0.15, 0.2) is 32.5 Å². The van der Waals surface area contributed by atoms with Crippen molar-refractivity contribution in [1.82, 2.24) is 5.16 Å². The van der Waals surface area contributed by atoms with E-state index in [1.807, 2.05) is 18.2 Å². The molecular formula is C14H11ClN2O3. The first kappa shape index (κ1) is 12.7. The van der Waals surface area contributed by atoms with Crippen LogP contribution in [0.25, 0.3) is 11.6 Å². The van der Waals surface area contributed by atoms with Crippen LogP contribution in [0.5, 0.6) is 5.75 Å². The number of benzene rings is 1. The molecule has 0 amide bonds. The highest BCUT2D eigenvalue weighted by atomic mass is 35.5. The number of hydrogen-bond acceptors (Lipinski definition) is 4. The molecule has 1 aliphatic rings. The molecule has 0 fully saturated rings. The number of allylic oxidation sites excluding steroid dienone is 1. The third-order valence-corrected chi connectivity index (χ3v) is 3.37. The highest BCUT2D eigenvalue weighted by molar-refractivity contribution is 6.22.